The Hall–Kier alpha value is -1.51. The van der Waals surface area contributed by atoms with Crippen LogP contribution in [-0.4, -0.2) is 16.7 Å². The number of fused-ring (bicyclic) bond motifs is 2. The van der Waals surface area contributed by atoms with E-state index in [4.69, 9.17) is 4.74 Å². The fourth-order valence-corrected chi connectivity index (χ4v) is 4.64. The molecule has 23 heavy (non-hydrogen) atoms. The van der Waals surface area contributed by atoms with Crippen molar-refractivity contribution in [2.75, 3.05) is 0 Å². The average molecular weight is 316 g/mol. The van der Waals surface area contributed by atoms with Crippen LogP contribution in [0.5, 0.6) is 5.75 Å². The van der Waals surface area contributed by atoms with Crippen LogP contribution in [0.4, 0.5) is 0 Å². The fourth-order valence-electron chi connectivity index (χ4n) is 4.64. The van der Waals surface area contributed by atoms with Gasteiger partial charge in [-0.05, 0) is 69.1 Å². The summed E-state index contributed by atoms with van der Waals surface area (Å²) in [5.74, 6) is 0.821. The molecule has 3 nitrogen and oxygen atoms in total. The van der Waals surface area contributed by atoms with E-state index in [0.717, 1.165) is 37.9 Å². The summed E-state index contributed by atoms with van der Waals surface area (Å²) < 4.78 is 6.47. The van der Waals surface area contributed by atoms with Gasteiger partial charge in [-0.3, -0.25) is 4.79 Å². The molecule has 3 heteroatoms. The third kappa shape index (κ3) is 2.64. The van der Waals surface area contributed by atoms with Crippen molar-refractivity contribution >= 4 is 5.97 Å². The summed E-state index contributed by atoms with van der Waals surface area (Å²) in [6, 6.07) is 6.48. The molecular weight excluding hydrogens is 288 g/mol. The van der Waals surface area contributed by atoms with Gasteiger partial charge in [0, 0.05) is 5.92 Å². The summed E-state index contributed by atoms with van der Waals surface area (Å²) in [6.07, 6.45) is 4.38. The summed E-state index contributed by atoms with van der Waals surface area (Å²) in [6.45, 7) is 8.42. The molecule has 1 aromatic carbocycles. The molecule has 1 aliphatic heterocycles. The largest absolute Gasteiger partial charge is 0.487 e. The molecule has 0 saturated heterocycles. The Morgan fingerprint density at radius 3 is 2.70 bits per heavy atom. The molecule has 1 heterocycles. The Kier molecular flexibility index (Phi) is 3.94. The number of rotatable bonds is 2. The standard InChI is InChI=1S/C20H28O3/c1-13(2)14-6-8-16-15(12-14)7-9-17-19(3,18(21)22)10-5-11-20(17,4)23-16/h6,8,12-13,17H,5,7,9-11H2,1-4H3,(H,21,22)/t17-,19+,20-/m0/s1. The molecule has 1 saturated carbocycles. The molecule has 1 aliphatic carbocycles. The molecule has 126 valence electrons. The lowest BCUT2D eigenvalue weighted by Crippen LogP contribution is -2.54. The molecule has 3 rings (SSSR count). The van der Waals surface area contributed by atoms with Crippen molar-refractivity contribution in [1.82, 2.24) is 0 Å². The van der Waals surface area contributed by atoms with E-state index in [-0.39, 0.29) is 11.5 Å². The zero-order valence-electron chi connectivity index (χ0n) is 14.7. The van der Waals surface area contributed by atoms with Gasteiger partial charge in [0.15, 0.2) is 0 Å². The van der Waals surface area contributed by atoms with Crippen LogP contribution in [0.2, 0.25) is 0 Å². The Labute approximate surface area is 139 Å². The van der Waals surface area contributed by atoms with Gasteiger partial charge in [-0.2, -0.15) is 0 Å². The van der Waals surface area contributed by atoms with Crippen LogP contribution in [0.1, 0.15) is 70.4 Å². The zero-order chi connectivity index (χ0) is 16.8. The van der Waals surface area contributed by atoms with Crippen molar-refractivity contribution < 1.29 is 14.6 Å². The summed E-state index contributed by atoms with van der Waals surface area (Å²) in [5.41, 5.74) is 1.49. The zero-order valence-corrected chi connectivity index (χ0v) is 14.7. The molecule has 0 radical (unpaired) electrons. The summed E-state index contributed by atoms with van der Waals surface area (Å²) in [5, 5.41) is 9.82. The third-order valence-corrected chi connectivity index (χ3v) is 6.16. The lowest BCUT2D eigenvalue weighted by Gasteiger charge is -2.48. The van der Waals surface area contributed by atoms with Gasteiger partial charge >= 0.3 is 5.97 Å². The number of carboxylic acids is 1. The highest BCUT2D eigenvalue weighted by atomic mass is 16.5. The molecule has 3 atom stereocenters. The van der Waals surface area contributed by atoms with Crippen molar-refractivity contribution in [2.24, 2.45) is 11.3 Å². The summed E-state index contributed by atoms with van der Waals surface area (Å²) in [4.78, 5) is 11.9. The lowest BCUT2D eigenvalue weighted by atomic mass is 9.59. The smallest absolute Gasteiger partial charge is 0.309 e. The Morgan fingerprint density at radius 1 is 1.30 bits per heavy atom. The van der Waals surface area contributed by atoms with Gasteiger partial charge in [0.05, 0.1) is 5.41 Å². The number of ether oxygens (including phenoxy) is 1. The van der Waals surface area contributed by atoms with E-state index < -0.39 is 11.4 Å². The van der Waals surface area contributed by atoms with Crippen molar-refractivity contribution in [3.8, 4) is 5.75 Å². The fraction of sp³-hybridized carbons (Fsp3) is 0.650. The maximum Gasteiger partial charge on any atom is 0.309 e. The lowest BCUT2D eigenvalue weighted by molar-refractivity contribution is -0.164. The summed E-state index contributed by atoms with van der Waals surface area (Å²) >= 11 is 0. The average Bonchev–Trinajstić information content (AvgIpc) is 2.62. The first kappa shape index (κ1) is 16.4. The highest BCUT2D eigenvalue weighted by Crippen LogP contribution is 2.52. The van der Waals surface area contributed by atoms with E-state index in [1.54, 1.807) is 0 Å². The summed E-state index contributed by atoms with van der Waals surface area (Å²) in [7, 11) is 0. The minimum absolute atomic E-state index is 0.0520. The predicted octanol–water partition coefficient (Wildman–Crippen LogP) is 4.78. The van der Waals surface area contributed by atoms with Gasteiger partial charge in [0.2, 0.25) is 0 Å². The maximum atomic E-state index is 11.9. The van der Waals surface area contributed by atoms with Crippen LogP contribution in [-0.2, 0) is 11.2 Å². The molecule has 0 unspecified atom stereocenters. The molecule has 1 fully saturated rings. The van der Waals surface area contributed by atoms with E-state index in [1.165, 1.54) is 11.1 Å². The molecule has 0 spiro atoms. The van der Waals surface area contributed by atoms with Crippen LogP contribution < -0.4 is 4.74 Å². The second kappa shape index (κ2) is 5.54. The minimum atomic E-state index is -0.685. The number of hydrogen-bond donors (Lipinski definition) is 1. The second-order valence-electron chi connectivity index (χ2n) is 8.10. The van der Waals surface area contributed by atoms with E-state index in [1.807, 2.05) is 6.92 Å². The van der Waals surface area contributed by atoms with E-state index in [0.29, 0.717) is 5.92 Å². The van der Waals surface area contributed by atoms with Gasteiger partial charge in [0.25, 0.3) is 0 Å². The first-order valence-corrected chi connectivity index (χ1v) is 8.81. The molecule has 0 bridgehead atoms. The highest BCUT2D eigenvalue weighted by Gasteiger charge is 2.55. The van der Waals surface area contributed by atoms with Crippen molar-refractivity contribution in [2.45, 2.75) is 71.3 Å². The Balaban J connectivity index is 2.00. The first-order valence-electron chi connectivity index (χ1n) is 8.81. The molecule has 1 N–H and O–H groups in total. The van der Waals surface area contributed by atoms with Gasteiger partial charge in [-0.25, -0.2) is 0 Å². The molecular formula is C20H28O3. The second-order valence-corrected chi connectivity index (χ2v) is 8.10. The monoisotopic (exact) mass is 316 g/mol. The molecule has 1 aromatic rings. The van der Waals surface area contributed by atoms with E-state index in [9.17, 15) is 9.90 Å². The Morgan fingerprint density at radius 2 is 2.04 bits per heavy atom. The van der Waals surface area contributed by atoms with Crippen molar-refractivity contribution in [1.29, 1.82) is 0 Å². The molecule has 2 aliphatic rings. The maximum absolute atomic E-state index is 11.9. The first-order chi connectivity index (χ1) is 10.8. The van der Waals surface area contributed by atoms with Gasteiger partial charge in [-0.15, -0.1) is 0 Å². The van der Waals surface area contributed by atoms with E-state index in [2.05, 4.69) is 39.0 Å². The Bertz CT molecular complexity index is 621. The van der Waals surface area contributed by atoms with Crippen LogP contribution in [0, 0.1) is 11.3 Å². The minimum Gasteiger partial charge on any atom is -0.487 e. The SMILES string of the molecule is CC(C)c1ccc2c(c1)CC[C@H]1[C@](C)(C(=O)O)CCC[C@]1(C)O2. The van der Waals surface area contributed by atoms with Gasteiger partial charge in [0.1, 0.15) is 11.4 Å². The number of aryl methyl sites for hydroxylation is 1. The van der Waals surface area contributed by atoms with Crippen molar-refractivity contribution in [3.63, 3.8) is 0 Å². The topological polar surface area (TPSA) is 46.5 Å². The molecule has 0 amide bonds. The number of hydrogen-bond acceptors (Lipinski definition) is 2. The van der Waals surface area contributed by atoms with Crippen LogP contribution >= 0.6 is 0 Å². The van der Waals surface area contributed by atoms with Gasteiger partial charge < -0.3 is 9.84 Å². The number of aliphatic carboxylic acids is 1. The normalized spacial score (nSPS) is 33.3. The highest BCUT2D eigenvalue weighted by molar-refractivity contribution is 5.75. The van der Waals surface area contributed by atoms with Crippen LogP contribution in [0.3, 0.4) is 0 Å². The predicted molar refractivity (Wildman–Crippen MR) is 91.0 cm³/mol. The number of carboxylic acid groups (broad SMARTS) is 1. The third-order valence-electron chi connectivity index (χ3n) is 6.16. The van der Waals surface area contributed by atoms with Crippen LogP contribution in [0.15, 0.2) is 18.2 Å². The quantitative estimate of drug-likeness (QED) is 0.853. The van der Waals surface area contributed by atoms with Crippen LogP contribution in [0.25, 0.3) is 0 Å². The van der Waals surface area contributed by atoms with Crippen molar-refractivity contribution in [3.05, 3.63) is 29.3 Å². The van der Waals surface area contributed by atoms with E-state index >= 15 is 0 Å². The molecule has 0 aromatic heterocycles. The van der Waals surface area contributed by atoms with Gasteiger partial charge in [-0.1, -0.05) is 26.0 Å². The number of benzene rings is 1. The number of carbonyl (C=O) groups is 1.